The fourth-order valence-corrected chi connectivity index (χ4v) is 2.09. The molecule has 0 amide bonds. The molecular formula is C15H11N3S. The number of hydrogen-bond acceptors (Lipinski definition) is 3. The zero-order chi connectivity index (χ0) is 13.1. The molecule has 2 aromatic heterocycles. The molecular weight excluding hydrogens is 254 g/mol. The molecule has 0 fully saturated rings. The predicted molar refractivity (Wildman–Crippen MR) is 78.1 cm³/mol. The van der Waals surface area contributed by atoms with Crippen molar-refractivity contribution < 1.29 is 0 Å². The number of benzene rings is 1. The molecule has 0 atom stereocenters. The van der Waals surface area contributed by atoms with Crippen molar-refractivity contribution in [2.45, 2.75) is 0 Å². The second-order valence-electron chi connectivity index (χ2n) is 4.08. The van der Waals surface area contributed by atoms with E-state index >= 15 is 0 Å². The summed E-state index contributed by atoms with van der Waals surface area (Å²) < 4.78 is 0.574. The highest BCUT2D eigenvalue weighted by molar-refractivity contribution is 7.71. The summed E-state index contributed by atoms with van der Waals surface area (Å²) in [5, 5.41) is 0. The van der Waals surface area contributed by atoms with E-state index < -0.39 is 0 Å². The lowest BCUT2D eigenvalue weighted by molar-refractivity contribution is 1.16. The van der Waals surface area contributed by atoms with Gasteiger partial charge in [0, 0.05) is 23.5 Å². The van der Waals surface area contributed by atoms with Crippen molar-refractivity contribution in [1.29, 1.82) is 0 Å². The Morgan fingerprint density at radius 3 is 2.37 bits per heavy atom. The second-order valence-corrected chi connectivity index (χ2v) is 4.50. The minimum Gasteiger partial charge on any atom is -0.339 e. The molecule has 0 radical (unpaired) electrons. The van der Waals surface area contributed by atoms with E-state index in [1.807, 2.05) is 48.5 Å². The van der Waals surface area contributed by atoms with E-state index in [-0.39, 0.29) is 0 Å². The highest BCUT2D eigenvalue weighted by Crippen LogP contribution is 2.20. The molecule has 3 nitrogen and oxygen atoms in total. The maximum absolute atomic E-state index is 5.24. The van der Waals surface area contributed by atoms with Gasteiger partial charge in [0.25, 0.3) is 0 Å². The third kappa shape index (κ3) is 2.58. The molecule has 0 saturated carbocycles. The molecule has 0 aliphatic heterocycles. The van der Waals surface area contributed by atoms with Crippen LogP contribution in [0.1, 0.15) is 0 Å². The van der Waals surface area contributed by atoms with E-state index in [4.69, 9.17) is 12.2 Å². The summed E-state index contributed by atoms with van der Waals surface area (Å²) in [7, 11) is 0. The van der Waals surface area contributed by atoms with Gasteiger partial charge in [0.05, 0.1) is 5.69 Å². The summed E-state index contributed by atoms with van der Waals surface area (Å²) in [5.74, 6) is 0.778. The normalized spacial score (nSPS) is 10.3. The Hall–Kier alpha value is -2.33. The predicted octanol–water partition coefficient (Wildman–Crippen LogP) is 3.87. The van der Waals surface area contributed by atoms with Gasteiger partial charge in [0.2, 0.25) is 0 Å². The highest BCUT2D eigenvalue weighted by atomic mass is 32.1. The summed E-state index contributed by atoms with van der Waals surface area (Å²) in [4.78, 5) is 11.7. The van der Waals surface area contributed by atoms with Crippen molar-refractivity contribution in [3.05, 3.63) is 65.6 Å². The molecule has 1 N–H and O–H groups in total. The van der Waals surface area contributed by atoms with Crippen LogP contribution in [0.2, 0.25) is 0 Å². The Bertz CT molecular complexity index is 675. The Morgan fingerprint density at radius 1 is 0.895 bits per heavy atom. The maximum Gasteiger partial charge on any atom is 0.139 e. The minimum absolute atomic E-state index is 0.574. The number of nitrogens with zero attached hydrogens (tertiary/aromatic N) is 2. The third-order valence-electron chi connectivity index (χ3n) is 2.78. The molecule has 0 unspecified atom stereocenters. The number of aromatic nitrogens is 3. The first-order valence-electron chi connectivity index (χ1n) is 5.90. The minimum atomic E-state index is 0.574. The summed E-state index contributed by atoms with van der Waals surface area (Å²) in [6.07, 6.45) is 3.52. The van der Waals surface area contributed by atoms with Gasteiger partial charge in [-0.05, 0) is 18.2 Å². The number of nitrogens with one attached hydrogen (secondary N) is 1. The maximum atomic E-state index is 5.24. The van der Waals surface area contributed by atoms with E-state index in [0.717, 1.165) is 22.6 Å². The van der Waals surface area contributed by atoms with Crippen molar-refractivity contribution in [3.63, 3.8) is 0 Å². The fourth-order valence-electron chi connectivity index (χ4n) is 1.88. The lowest BCUT2D eigenvalue weighted by atomic mass is 10.1. The van der Waals surface area contributed by atoms with Gasteiger partial charge in [-0.3, -0.25) is 4.98 Å². The number of hydrogen-bond donors (Lipinski definition) is 1. The van der Waals surface area contributed by atoms with Gasteiger partial charge in [-0.15, -0.1) is 0 Å². The summed E-state index contributed by atoms with van der Waals surface area (Å²) >= 11 is 5.24. The van der Waals surface area contributed by atoms with Crippen LogP contribution in [-0.4, -0.2) is 15.0 Å². The van der Waals surface area contributed by atoms with Gasteiger partial charge in [-0.1, -0.05) is 42.5 Å². The summed E-state index contributed by atoms with van der Waals surface area (Å²) in [6, 6.07) is 15.7. The quantitative estimate of drug-likeness (QED) is 0.715. The standard InChI is InChI=1S/C15H11N3S/c19-14-10-13(11-6-8-16-9-7-11)17-15(18-14)12-4-2-1-3-5-12/h1-10H,(H,17,18,19). The topological polar surface area (TPSA) is 41.6 Å². The summed E-state index contributed by atoms with van der Waals surface area (Å²) in [6.45, 7) is 0. The van der Waals surface area contributed by atoms with Crippen LogP contribution < -0.4 is 0 Å². The molecule has 2 heterocycles. The van der Waals surface area contributed by atoms with Gasteiger partial charge in [0.15, 0.2) is 0 Å². The van der Waals surface area contributed by atoms with Crippen LogP contribution in [0.3, 0.4) is 0 Å². The van der Waals surface area contributed by atoms with Crippen LogP contribution in [0, 0.1) is 4.64 Å². The van der Waals surface area contributed by atoms with Crippen LogP contribution in [0.4, 0.5) is 0 Å². The average Bonchev–Trinajstić information content (AvgIpc) is 2.48. The Labute approximate surface area is 116 Å². The molecule has 0 saturated heterocycles. The van der Waals surface area contributed by atoms with Crippen LogP contribution in [0.25, 0.3) is 22.6 Å². The van der Waals surface area contributed by atoms with Gasteiger partial charge < -0.3 is 4.98 Å². The first kappa shape index (κ1) is 11.7. The number of aromatic amines is 1. The molecule has 1 aromatic carbocycles. The highest BCUT2D eigenvalue weighted by Gasteiger charge is 2.03. The molecule has 0 spiro atoms. The van der Waals surface area contributed by atoms with Crippen molar-refractivity contribution in [3.8, 4) is 22.6 Å². The lowest BCUT2D eigenvalue weighted by Crippen LogP contribution is -1.92. The van der Waals surface area contributed by atoms with Crippen LogP contribution in [-0.2, 0) is 0 Å². The molecule has 0 aliphatic rings. The smallest absolute Gasteiger partial charge is 0.139 e. The molecule has 4 heteroatoms. The molecule has 92 valence electrons. The number of pyridine rings is 1. The van der Waals surface area contributed by atoms with E-state index in [1.165, 1.54) is 0 Å². The van der Waals surface area contributed by atoms with E-state index in [9.17, 15) is 0 Å². The fraction of sp³-hybridized carbons (Fsp3) is 0. The lowest BCUT2D eigenvalue weighted by Gasteiger charge is -2.06. The molecule has 3 aromatic rings. The first-order valence-corrected chi connectivity index (χ1v) is 6.31. The zero-order valence-electron chi connectivity index (χ0n) is 10.1. The van der Waals surface area contributed by atoms with Crippen molar-refractivity contribution >= 4 is 12.2 Å². The monoisotopic (exact) mass is 265 g/mol. The van der Waals surface area contributed by atoms with Gasteiger partial charge in [-0.25, -0.2) is 4.98 Å². The van der Waals surface area contributed by atoms with Crippen molar-refractivity contribution in [1.82, 2.24) is 15.0 Å². The first-order chi connectivity index (χ1) is 9.33. The largest absolute Gasteiger partial charge is 0.339 e. The van der Waals surface area contributed by atoms with Gasteiger partial charge in [0.1, 0.15) is 10.5 Å². The molecule has 19 heavy (non-hydrogen) atoms. The summed E-state index contributed by atoms with van der Waals surface area (Å²) in [5.41, 5.74) is 3.01. The van der Waals surface area contributed by atoms with E-state index in [1.54, 1.807) is 12.4 Å². The number of rotatable bonds is 2. The van der Waals surface area contributed by atoms with Gasteiger partial charge >= 0.3 is 0 Å². The van der Waals surface area contributed by atoms with Crippen LogP contribution >= 0.6 is 12.2 Å². The molecule has 3 rings (SSSR count). The van der Waals surface area contributed by atoms with Crippen molar-refractivity contribution in [2.75, 3.05) is 0 Å². The third-order valence-corrected chi connectivity index (χ3v) is 2.99. The van der Waals surface area contributed by atoms with Crippen LogP contribution in [0.15, 0.2) is 60.9 Å². The molecule has 0 bridgehead atoms. The molecule has 0 aliphatic carbocycles. The Kier molecular flexibility index (Phi) is 3.16. The van der Waals surface area contributed by atoms with Crippen LogP contribution in [0.5, 0.6) is 0 Å². The number of H-pyrrole nitrogens is 1. The van der Waals surface area contributed by atoms with E-state index in [0.29, 0.717) is 4.64 Å². The van der Waals surface area contributed by atoms with Gasteiger partial charge in [-0.2, -0.15) is 0 Å². The average molecular weight is 265 g/mol. The van der Waals surface area contributed by atoms with Crippen molar-refractivity contribution in [2.24, 2.45) is 0 Å². The Morgan fingerprint density at radius 2 is 1.63 bits per heavy atom. The second kappa shape index (κ2) is 5.12. The SMILES string of the molecule is S=c1cc(-c2ccncc2)[nH]c(-c2ccccc2)n1. The zero-order valence-corrected chi connectivity index (χ0v) is 10.9. The Balaban J connectivity index is 2.15. The van der Waals surface area contributed by atoms with E-state index in [2.05, 4.69) is 15.0 Å².